The van der Waals surface area contributed by atoms with Gasteiger partial charge in [0, 0.05) is 10.5 Å². The number of rotatable bonds is 7. The highest BCUT2D eigenvalue weighted by atomic mass is 32.2. The maximum absolute atomic E-state index is 10.9. The molecular weight excluding hydrogens is 262 g/mol. The van der Waals surface area contributed by atoms with Gasteiger partial charge in [-0.1, -0.05) is 18.2 Å². The summed E-state index contributed by atoms with van der Waals surface area (Å²) < 4.78 is 5.15. The third-order valence-corrected chi connectivity index (χ3v) is 4.29. The van der Waals surface area contributed by atoms with E-state index in [0.29, 0.717) is 12.4 Å². The van der Waals surface area contributed by atoms with Crippen molar-refractivity contribution in [2.45, 2.75) is 31.6 Å². The third kappa shape index (κ3) is 4.76. The highest BCUT2D eigenvalue weighted by molar-refractivity contribution is 8.00. The van der Waals surface area contributed by atoms with Crippen molar-refractivity contribution < 1.29 is 14.6 Å². The van der Waals surface area contributed by atoms with Gasteiger partial charge in [-0.2, -0.15) is 0 Å². The van der Waals surface area contributed by atoms with Crippen molar-refractivity contribution in [2.75, 3.05) is 12.4 Å². The lowest BCUT2D eigenvalue weighted by atomic mass is 10.1. The van der Waals surface area contributed by atoms with Crippen molar-refractivity contribution in [1.29, 1.82) is 0 Å². The smallest absolute Gasteiger partial charge is 0.321 e. The molecule has 3 N–H and O–H groups in total. The Balaban J connectivity index is 2.39. The lowest BCUT2D eigenvalue weighted by Gasteiger charge is -2.27. The molecule has 0 amide bonds. The molecule has 1 aromatic rings. The fraction of sp³-hybridized carbons (Fsp3) is 0.500. The number of carboxylic acid groups (broad SMARTS) is 1. The van der Waals surface area contributed by atoms with Crippen molar-refractivity contribution >= 4 is 17.7 Å². The van der Waals surface area contributed by atoms with Crippen LogP contribution in [-0.4, -0.2) is 34.2 Å². The Morgan fingerprint density at radius 1 is 1.47 bits per heavy atom. The average Bonchev–Trinajstić information content (AvgIpc) is 2.35. The minimum Gasteiger partial charge on any atom is -0.492 e. The summed E-state index contributed by atoms with van der Waals surface area (Å²) in [6.45, 7) is 6.20. The van der Waals surface area contributed by atoms with Crippen molar-refractivity contribution in [3.8, 4) is 5.75 Å². The van der Waals surface area contributed by atoms with Gasteiger partial charge in [-0.3, -0.25) is 4.79 Å². The van der Waals surface area contributed by atoms with Gasteiger partial charge in [0.05, 0.1) is 6.61 Å². The quantitative estimate of drug-likeness (QED) is 0.751. The summed E-state index contributed by atoms with van der Waals surface area (Å²) in [5, 5.41) is 8.92. The van der Waals surface area contributed by atoms with E-state index in [-0.39, 0.29) is 0 Å². The van der Waals surface area contributed by atoms with E-state index in [4.69, 9.17) is 15.6 Å². The molecule has 0 saturated heterocycles. The zero-order chi connectivity index (χ0) is 14.5. The molecule has 4 nitrogen and oxygen atoms in total. The van der Waals surface area contributed by atoms with Gasteiger partial charge in [-0.25, -0.2) is 0 Å². The first kappa shape index (κ1) is 15.9. The zero-order valence-corrected chi connectivity index (χ0v) is 12.4. The van der Waals surface area contributed by atoms with Crippen LogP contribution < -0.4 is 10.5 Å². The number of ether oxygens (including phenoxy) is 1. The number of aliphatic carboxylic acids is 1. The SMILES string of the molecule is Cc1ccccc1OCCSC(C)(C)[C@@H](N)C(=O)O. The lowest BCUT2D eigenvalue weighted by Crippen LogP contribution is -2.47. The van der Waals surface area contributed by atoms with Crippen LogP contribution in [0.3, 0.4) is 0 Å². The first-order chi connectivity index (χ1) is 8.84. The second kappa shape index (κ2) is 6.82. The number of carboxylic acids is 1. The number of hydrogen-bond acceptors (Lipinski definition) is 4. The summed E-state index contributed by atoms with van der Waals surface area (Å²) in [5.41, 5.74) is 6.74. The second-order valence-electron chi connectivity index (χ2n) is 4.88. The molecule has 0 fully saturated rings. The lowest BCUT2D eigenvalue weighted by molar-refractivity contribution is -0.139. The molecule has 0 heterocycles. The molecule has 1 rings (SSSR count). The fourth-order valence-corrected chi connectivity index (χ4v) is 2.53. The first-order valence-corrected chi connectivity index (χ1v) is 7.14. The summed E-state index contributed by atoms with van der Waals surface area (Å²) in [6.07, 6.45) is 0. The predicted octanol–water partition coefficient (Wildman–Crippen LogP) is 2.30. The first-order valence-electron chi connectivity index (χ1n) is 6.15. The number of aryl methyl sites for hydroxylation is 1. The zero-order valence-electron chi connectivity index (χ0n) is 11.6. The van der Waals surface area contributed by atoms with Gasteiger partial charge in [-0.05, 0) is 32.4 Å². The van der Waals surface area contributed by atoms with Crippen LogP contribution in [0, 0.1) is 6.92 Å². The van der Waals surface area contributed by atoms with E-state index in [1.165, 1.54) is 11.8 Å². The van der Waals surface area contributed by atoms with Crippen LogP contribution in [-0.2, 0) is 4.79 Å². The Hall–Kier alpha value is -1.20. The summed E-state index contributed by atoms with van der Waals surface area (Å²) in [7, 11) is 0. The molecule has 0 bridgehead atoms. The molecule has 0 saturated carbocycles. The van der Waals surface area contributed by atoms with Crippen LogP contribution in [0.5, 0.6) is 5.75 Å². The van der Waals surface area contributed by atoms with Crippen LogP contribution in [0.25, 0.3) is 0 Å². The molecule has 5 heteroatoms. The van der Waals surface area contributed by atoms with Crippen molar-refractivity contribution in [2.24, 2.45) is 5.73 Å². The number of hydrogen-bond donors (Lipinski definition) is 2. The molecule has 0 aliphatic carbocycles. The summed E-state index contributed by atoms with van der Waals surface area (Å²) >= 11 is 1.51. The van der Waals surface area contributed by atoms with Crippen molar-refractivity contribution in [3.05, 3.63) is 29.8 Å². The highest BCUT2D eigenvalue weighted by Gasteiger charge is 2.32. The number of para-hydroxylation sites is 1. The fourth-order valence-electron chi connectivity index (χ4n) is 1.56. The largest absolute Gasteiger partial charge is 0.492 e. The molecule has 0 aliphatic heterocycles. The van der Waals surface area contributed by atoms with Crippen molar-refractivity contribution in [1.82, 2.24) is 0 Å². The minimum absolute atomic E-state index is 0.513. The predicted molar refractivity (Wildman–Crippen MR) is 78.8 cm³/mol. The molecule has 0 spiro atoms. The minimum atomic E-state index is -0.975. The van der Waals surface area contributed by atoms with Crippen LogP contribution in [0.2, 0.25) is 0 Å². The van der Waals surface area contributed by atoms with Gasteiger partial charge >= 0.3 is 5.97 Å². The Bertz CT molecular complexity index is 434. The molecule has 0 aliphatic rings. The standard InChI is InChI=1S/C14H21NO3S/c1-10-6-4-5-7-11(10)18-8-9-19-14(2,3)12(15)13(16)17/h4-7,12H,8-9,15H2,1-3H3,(H,16,17)/t12-/m0/s1. The van der Waals surface area contributed by atoms with E-state index >= 15 is 0 Å². The van der Waals surface area contributed by atoms with E-state index in [1.807, 2.05) is 45.0 Å². The third-order valence-electron chi connectivity index (χ3n) is 2.92. The normalized spacial score (nSPS) is 13.1. The van der Waals surface area contributed by atoms with E-state index in [2.05, 4.69) is 0 Å². The van der Waals surface area contributed by atoms with Gasteiger partial charge in [0.15, 0.2) is 0 Å². The topological polar surface area (TPSA) is 72.5 Å². The maximum Gasteiger partial charge on any atom is 0.321 e. The number of benzene rings is 1. The number of nitrogens with two attached hydrogens (primary N) is 1. The molecule has 106 valence electrons. The molecule has 19 heavy (non-hydrogen) atoms. The monoisotopic (exact) mass is 283 g/mol. The molecule has 0 radical (unpaired) electrons. The number of carbonyl (C=O) groups is 1. The average molecular weight is 283 g/mol. The summed E-state index contributed by atoms with van der Waals surface area (Å²) in [4.78, 5) is 10.9. The van der Waals surface area contributed by atoms with Gasteiger partial charge in [0.2, 0.25) is 0 Å². The van der Waals surface area contributed by atoms with Crippen molar-refractivity contribution in [3.63, 3.8) is 0 Å². The highest BCUT2D eigenvalue weighted by Crippen LogP contribution is 2.27. The molecular formula is C14H21NO3S. The molecule has 0 unspecified atom stereocenters. The number of thioether (sulfide) groups is 1. The van der Waals surface area contributed by atoms with Gasteiger partial charge in [-0.15, -0.1) is 11.8 Å². The van der Waals surface area contributed by atoms with Gasteiger partial charge < -0.3 is 15.6 Å². The van der Waals surface area contributed by atoms with Crippen LogP contribution in [0.15, 0.2) is 24.3 Å². The van der Waals surface area contributed by atoms with Crippen LogP contribution in [0.1, 0.15) is 19.4 Å². The van der Waals surface area contributed by atoms with E-state index < -0.39 is 16.8 Å². The summed E-state index contributed by atoms with van der Waals surface area (Å²) in [5.74, 6) is 0.586. The summed E-state index contributed by atoms with van der Waals surface area (Å²) in [6, 6.07) is 6.93. The Kier molecular flexibility index (Phi) is 5.69. The second-order valence-corrected chi connectivity index (χ2v) is 6.63. The Labute approximate surface area is 118 Å². The van der Waals surface area contributed by atoms with Crippen LogP contribution in [0.4, 0.5) is 0 Å². The maximum atomic E-state index is 10.9. The Morgan fingerprint density at radius 2 is 2.11 bits per heavy atom. The van der Waals surface area contributed by atoms with E-state index in [9.17, 15) is 4.79 Å². The molecule has 1 atom stereocenters. The van der Waals surface area contributed by atoms with E-state index in [1.54, 1.807) is 0 Å². The Morgan fingerprint density at radius 3 is 2.68 bits per heavy atom. The molecule has 0 aromatic heterocycles. The van der Waals surface area contributed by atoms with Gasteiger partial charge in [0.1, 0.15) is 11.8 Å². The van der Waals surface area contributed by atoms with Gasteiger partial charge in [0.25, 0.3) is 0 Å². The van der Waals surface area contributed by atoms with Crippen LogP contribution >= 0.6 is 11.8 Å². The van der Waals surface area contributed by atoms with E-state index in [0.717, 1.165) is 11.3 Å². The molecule has 1 aromatic carbocycles.